The topological polar surface area (TPSA) is 26.3 Å². The van der Waals surface area contributed by atoms with Gasteiger partial charge in [0, 0.05) is 16.6 Å². The van der Waals surface area contributed by atoms with Crippen LogP contribution in [0.4, 0.5) is 8.78 Å². The van der Waals surface area contributed by atoms with E-state index in [0.717, 1.165) is 11.8 Å². The summed E-state index contributed by atoms with van der Waals surface area (Å²) >= 11 is 24.2. The fourth-order valence-corrected chi connectivity index (χ4v) is 3.58. The van der Waals surface area contributed by atoms with Gasteiger partial charge in [-0.15, -0.1) is 24.4 Å². The van der Waals surface area contributed by atoms with E-state index in [1.807, 2.05) is 0 Å². The van der Waals surface area contributed by atoms with Crippen molar-refractivity contribution in [1.82, 2.24) is 0 Å². The molecular formula is C11H8BrCl3F2O2S2. The van der Waals surface area contributed by atoms with Crippen LogP contribution in [0.25, 0.3) is 0 Å². The molecule has 0 spiro atoms. The summed E-state index contributed by atoms with van der Waals surface area (Å²) < 4.78 is 32.2. The molecule has 0 saturated carbocycles. The molecule has 10 heteroatoms. The summed E-state index contributed by atoms with van der Waals surface area (Å²) in [7, 11) is 0. The van der Waals surface area contributed by atoms with E-state index in [4.69, 9.17) is 34.8 Å². The van der Waals surface area contributed by atoms with Crippen molar-refractivity contribution in [3.8, 4) is 5.75 Å². The summed E-state index contributed by atoms with van der Waals surface area (Å²) in [5, 5.41) is -0.337. The Balaban J connectivity index is 3.03. The Kier molecular flexibility index (Phi) is 7.91. The third-order valence-corrected chi connectivity index (χ3v) is 4.53. The fraction of sp³-hybridized carbons (Fsp3) is 0.364. The van der Waals surface area contributed by atoms with Gasteiger partial charge in [0.15, 0.2) is 10.9 Å². The van der Waals surface area contributed by atoms with Crippen LogP contribution in [0.1, 0.15) is 6.42 Å². The monoisotopic (exact) mass is 458 g/mol. The average Bonchev–Trinajstić information content (AvgIpc) is 2.32. The van der Waals surface area contributed by atoms with Crippen LogP contribution >= 0.6 is 75.1 Å². The van der Waals surface area contributed by atoms with Gasteiger partial charge in [-0.2, -0.15) is 8.78 Å². The van der Waals surface area contributed by atoms with Crippen LogP contribution in [-0.4, -0.2) is 21.8 Å². The smallest absolute Gasteiger partial charge is 0.428 e. The average molecular weight is 461 g/mol. The largest absolute Gasteiger partial charge is 0.428 e. The van der Waals surface area contributed by atoms with E-state index < -0.39 is 10.9 Å². The van der Waals surface area contributed by atoms with E-state index in [1.54, 1.807) is 6.07 Å². The van der Waals surface area contributed by atoms with Crippen LogP contribution < -0.4 is 4.74 Å². The number of thiol groups is 1. The first-order chi connectivity index (χ1) is 9.63. The molecule has 1 aromatic rings. The van der Waals surface area contributed by atoms with Gasteiger partial charge < -0.3 is 4.74 Å². The summed E-state index contributed by atoms with van der Waals surface area (Å²) in [4.78, 5) is 9.08. The Morgan fingerprint density at radius 3 is 2.62 bits per heavy atom. The molecule has 1 rings (SSSR count). The zero-order valence-corrected chi connectivity index (χ0v) is 15.7. The van der Waals surface area contributed by atoms with Crippen LogP contribution in [0, 0.1) is 0 Å². The van der Waals surface area contributed by atoms with Gasteiger partial charge in [0.05, 0.1) is 9.92 Å². The van der Waals surface area contributed by atoms with Gasteiger partial charge >= 0.3 is 6.11 Å². The summed E-state index contributed by atoms with van der Waals surface area (Å²) in [5.41, 5.74) is 0. The van der Waals surface area contributed by atoms with Crippen molar-refractivity contribution in [3.63, 3.8) is 0 Å². The molecule has 0 fully saturated rings. The Morgan fingerprint density at radius 1 is 1.48 bits per heavy atom. The molecule has 0 amide bonds. The number of rotatable bonds is 7. The quantitative estimate of drug-likeness (QED) is 0.316. The Bertz CT molecular complexity index is 532. The number of hydrogen-bond acceptors (Lipinski definition) is 3. The molecule has 0 aliphatic carbocycles. The third kappa shape index (κ3) is 6.31. The fourth-order valence-electron chi connectivity index (χ4n) is 1.17. The summed E-state index contributed by atoms with van der Waals surface area (Å²) in [6.07, 6.45) is -3.63. The predicted molar refractivity (Wildman–Crippen MR) is 89.6 cm³/mol. The van der Waals surface area contributed by atoms with Crippen molar-refractivity contribution in [2.75, 3.05) is 5.75 Å². The van der Waals surface area contributed by atoms with E-state index in [9.17, 15) is 13.6 Å². The second-order valence-electron chi connectivity index (χ2n) is 3.67. The minimum absolute atomic E-state index is 0.0299. The van der Waals surface area contributed by atoms with Gasteiger partial charge in [0.2, 0.25) is 4.84 Å². The van der Waals surface area contributed by atoms with Crippen LogP contribution in [0.5, 0.6) is 5.75 Å². The zero-order chi connectivity index (χ0) is 16.2. The first-order valence-electron chi connectivity index (χ1n) is 5.32. The number of carbonyl (C=O) groups excluding carboxylic acids is 1. The van der Waals surface area contributed by atoms with Gasteiger partial charge in [-0.3, -0.25) is 4.79 Å². The SMILES string of the molecule is O=C(S)CCSc1cc(Br)cc(Cl)c1OC(F)(F)C(Cl)Cl. The number of hydrogen-bond donors (Lipinski definition) is 1. The number of thioether (sulfide) groups is 1. The molecule has 21 heavy (non-hydrogen) atoms. The second kappa shape index (κ2) is 8.45. The molecule has 1 aromatic carbocycles. The predicted octanol–water partition coefficient (Wildman–Crippen LogP) is 5.82. The molecular weight excluding hydrogens is 453 g/mol. The highest BCUT2D eigenvalue weighted by Gasteiger charge is 2.41. The lowest BCUT2D eigenvalue weighted by molar-refractivity contribution is -0.164. The van der Waals surface area contributed by atoms with Crippen molar-refractivity contribution < 1.29 is 18.3 Å². The zero-order valence-electron chi connectivity index (χ0n) is 10.1. The Hall–Kier alpha value is 0.600. The molecule has 0 heterocycles. The minimum atomic E-state index is -3.80. The van der Waals surface area contributed by atoms with Gasteiger partial charge in [-0.1, -0.05) is 50.7 Å². The molecule has 0 radical (unpaired) electrons. The second-order valence-corrected chi connectivity index (χ2v) is 7.73. The Morgan fingerprint density at radius 2 is 2.10 bits per heavy atom. The molecule has 0 atom stereocenters. The van der Waals surface area contributed by atoms with E-state index >= 15 is 0 Å². The van der Waals surface area contributed by atoms with Crippen molar-refractivity contribution in [2.24, 2.45) is 0 Å². The normalized spacial score (nSPS) is 11.8. The summed E-state index contributed by atoms with van der Waals surface area (Å²) in [6, 6.07) is 2.95. The van der Waals surface area contributed by atoms with Crippen LogP contribution in [0.2, 0.25) is 5.02 Å². The highest BCUT2D eigenvalue weighted by Crippen LogP contribution is 2.42. The van der Waals surface area contributed by atoms with Gasteiger partial charge in [0.25, 0.3) is 0 Å². The Labute approximate surface area is 153 Å². The number of benzene rings is 1. The van der Waals surface area contributed by atoms with Crippen LogP contribution in [0.15, 0.2) is 21.5 Å². The lowest BCUT2D eigenvalue weighted by Crippen LogP contribution is -2.32. The lowest BCUT2D eigenvalue weighted by Gasteiger charge is -2.21. The van der Waals surface area contributed by atoms with E-state index in [-0.39, 0.29) is 22.3 Å². The number of carbonyl (C=O) groups is 1. The van der Waals surface area contributed by atoms with Crippen molar-refractivity contribution in [1.29, 1.82) is 0 Å². The molecule has 0 aromatic heterocycles. The molecule has 0 N–H and O–H groups in total. The number of ether oxygens (including phenoxy) is 1. The van der Waals surface area contributed by atoms with Gasteiger partial charge in [0.1, 0.15) is 0 Å². The van der Waals surface area contributed by atoms with E-state index in [2.05, 4.69) is 33.3 Å². The van der Waals surface area contributed by atoms with Crippen molar-refractivity contribution in [3.05, 3.63) is 21.6 Å². The number of alkyl halides is 4. The maximum absolute atomic E-state index is 13.5. The maximum Gasteiger partial charge on any atom is 0.428 e. The van der Waals surface area contributed by atoms with Crippen LogP contribution in [0.3, 0.4) is 0 Å². The molecule has 0 unspecified atom stereocenters. The molecule has 2 nitrogen and oxygen atoms in total. The first kappa shape index (κ1) is 19.6. The first-order valence-corrected chi connectivity index (χ1v) is 8.79. The molecule has 118 valence electrons. The van der Waals surface area contributed by atoms with Crippen LogP contribution in [-0.2, 0) is 4.79 Å². The van der Waals surface area contributed by atoms with Crippen molar-refractivity contribution >= 4 is 80.2 Å². The molecule has 0 bridgehead atoms. The highest BCUT2D eigenvalue weighted by atomic mass is 79.9. The van der Waals surface area contributed by atoms with Gasteiger partial charge in [-0.25, -0.2) is 0 Å². The van der Waals surface area contributed by atoms with Gasteiger partial charge in [-0.05, 0) is 12.1 Å². The minimum Gasteiger partial charge on any atom is -0.428 e. The van der Waals surface area contributed by atoms with E-state index in [1.165, 1.54) is 6.07 Å². The van der Waals surface area contributed by atoms with E-state index in [0.29, 0.717) is 15.1 Å². The number of halogens is 6. The molecule has 0 aliphatic rings. The van der Waals surface area contributed by atoms with Crippen molar-refractivity contribution in [2.45, 2.75) is 22.3 Å². The lowest BCUT2D eigenvalue weighted by atomic mass is 10.3. The summed E-state index contributed by atoms with van der Waals surface area (Å²) in [6.45, 7) is 0. The molecule has 0 aliphatic heterocycles. The highest BCUT2D eigenvalue weighted by molar-refractivity contribution is 9.10. The molecule has 0 saturated heterocycles. The third-order valence-electron chi connectivity index (χ3n) is 2.04. The summed E-state index contributed by atoms with van der Waals surface area (Å²) in [5.74, 6) is 0.0927. The standard InChI is InChI=1S/C11H8BrCl3F2O2S2/c12-5-3-6(13)9(19-11(16,17)10(14)15)7(4-5)21-2-1-8(18)20/h3-4,10H,1-2H2,(H,18,20). The maximum atomic E-state index is 13.5.